The molecule has 0 aromatic carbocycles. The molecule has 0 aliphatic heterocycles. The summed E-state index contributed by atoms with van der Waals surface area (Å²) >= 11 is 9.94. The zero-order valence-corrected chi connectivity index (χ0v) is 8.01. The third-order valence-corrected chi connectivity index (χ3v) is 1.57. The summed E-state index contributed by atoms with van der Waals surface area (Å²) in [5.74, 6) is 0. The molecule has 0 spiro atoms. The molecule has 0 aliphatic carbocycles. The molecule has 10 heavy (non-hydrogen) atoms. The fourth-order valence-corrected chi connectivity index (χ4v) is 0.979. The van der Waals surface area contributed by atoms with Crippen LogP contribution in [0.5, 0.6) is 0 Å². The molecule has 0 aromatic heterocycles. The van der Waals surface area contributed by atoms with Gasteiger partial charge < -0.3 is 4.52 Å². The van der Waals surface area contributed by atoms with E-state index in [4.69, 9.17) is 22.5 Å². The van der Waals surface area contributed by atoms with E-state index in [1.54, 1.807) is 0 Å². The minimum Gasteiger partial charge on any atom is -0.303 e. The zero-order chi connectivity index (χ0) is 8.41. The van der Waals surface area contributed by atoms with Gasteiger partial charge in [-0.25, -0.2) is 4.39 Å². The van der Waals surface area contributed by atoms with Crippen LogP contribution in [0.25, 0.3) is 0 Å². The van der Waals surface area contributed by atoms with Crippen LogP contribution in [0.2, 0.25) is 0 Å². The molecular weight excluding hydrogens is 201 g/mol. The Morgan fingerprint density at radius 1 is 1.60 bits per heavy atom. The average Bonchev–Trinajstić information content (AvgIpc) is 1.57. The Morgan fingerprint density at radius 2 is 2.00 bits per heavy atom. The summed E-state index contributed by atoms with van der Waals surface area (Å²) in [5, 5.41) is 0. The fourth-order valence-electron chi connectivity index (χ4n) is 0.229. The highest BCUT2D eigenvalue weighted by atomic mass is 35.9. The average molecular weight is 209 g/mol. The Balaban J connectivity index is 3.67. The van der Waals surface area contributed by atoms with Gasteiger partial charge in [0, 0.05) is 0 Å². The molecular formula is C4H8Cl2FO2P. The molecule has 2 nitrogen and oxygen atoms in total. The largest absolute Gasteiger partial charge is 0.380 e. The molecule has 6 heteroatoms. The van der Waals surface area contributed by atoms with E-state index in [9.17, 15) is 8.96 Å². The van der Waals surface area contributed by atoms with Crippen molar-refractivity contribution in [2.24, 2.45) is 0 Å². The standard InChI is InChI=1S/C4H8Cl2FO2P/c1-4(2,7)3-9-10(5,6)8/h3H2,1-2H3. The maximum Gasteiger partial charge on any atom is 0.380 e. The first-order valence-corrected chi connectivity index (χ1v) is 5.97. The van der Waals surface area contributed by atoms with E-state index in [0.29, 0.717) is 0 Å². The highest BCUT2D eigenvalue weighted by molar-refractivity contribution is 8.05. The van der Waals surface area contributed by atoms with Gasteiger partial charge in [0.25, 0.3) is 0 Å². The summed E-state index contributed by atoms with van der Waals surface area (Å²) in [5.41, 5.74) is -1.56. The molecule has 0 saturated heterocycles. The molecule has 0 aliphatic rings. The molecule has 0 aromatic rings. The summed E-state index contributed by atoms with van der Waals surface area (Å²) in [6, 6.07) is 0. The molecule has 0 fully saturated rings. The summed E-state index contributed by atoms with van der Waals surface area (Å²) in [6.07, 6.45) is -3.56. The second-order valence-corrected chi connectivity index (χ2v) is 6.68. The predicted molar refractivity (Wildman–Crippen MR) is 40.5 cm³/mol. The Morgan fingerprint density at radius 3 is 2.10 bits per heavy atom. The van der Waals surface area contributed by atoms with Gasteiger partial charge in [0.15, 0.2) is 0 Å². The molecule has 0 bridgehead atoms. The topological polar surface area (TPSA) is 26.3 Å². The second kappa shape index (κ2) is 3.40. The second-order valence-electron chi connectivity index (χ2n) is 2.41. The number of hydrogen-bond acceptors (Lipinski definition) is 2. The van der Waals surface area contributed by atoms with Crippen LogP contribution >= 0.6 is 28.6 Å². The molecule has 0 rings (SSSR count). The molecule has 0 radical (unpaired) electrons. The fraction of sp³-hybridized carbons (Fsp3) is 1.00. The zero-order valence-electron chi connectivity index (χ0n) is 5.60. The number of halogens is 3. The normalized spacial score (nSPS) is 13.7. The summed E-state index contributed by atoms with van der Waals surface area (Å²) in [7, 11) is 0. The van der Waals surface area contributed by atoms with Crippen molar-refractivity contribution in [3.63, 3.8) is 0 Å². The number of rotatable bonds is 3. The third kappa shape index (κ3) is 8.70. The van der Waals surface area contributed by atoms with Gasteiger partial charge in [-0.15, -0.1) is 0 Å². The smallest absolute Gasteiger partial charge is 0.303 e. The lowest BCUT2D eigenvalue weighted by Crippen LogP contribution is -2.18. The van der Waals surface area contributed by atoms with Crippen molar-refractivity contribution in [1.82, 2.24) is 0 Å². The Kier molecular flexibility index (Phi) is 3.64. The van der Waals surface area contributed by atoms with Crippen molar-refractivity contribution < 1.29 is 13.5 Å². The highest BCUT2D eigenvalue weighted by Gasteiger charge is 2.22. The van der Waals surface area contributed by atoms with Crippen LogP contribution in [0.4, 0.5) is 4.39 Å². The van der Waals surface area contributed by atoms with Gasteiger partial charge >= 0.3 is 6.07 Å². The van der Waals surface area contributed by atoms with E-state index < -0.39 is 11.7 Å². The van der Waals surface area contributed by atoms with Gasteiger partial charge in [-0.1, -0.05) is 0 Å². The van der Waals surface area contributed by atoms with Crippen LogP contribution in [-0.2, 0) is 9.09 Å². The molecule has 0 saturated carbocycles. The van der Waals surface area contributed by atoms with Crippen molar-refractivity contribution >= 4 is 28.6 Å². The van der Waals surface area contributed by atoms with E-state index in [0.717, 1.165) is 0 Å². The Hall–Kier alpha value is 0.700. The van der Waals surface area contributed by atoms with Gasteiger partial charge in [-0.05, 0) is 36.3 Å². The molecule has 62 valence electrons. The molecule has 0 amide bonds. The maximum atomic E-state index is 12.6. The van der Waals surface area contributed by atoms with Gasteiger partial charge in [-0.3, -0.25) is 4.57 Å². The van der Waals surface area contributed by atoms with Gasteiger partial charge in [0.05, 0.1) is 6.61 Å². The third-order valence-electron chi connectivity index (χ3n) is 0.558. The Labute approximate surface area is 68.7 Å². The van der Waals surface area contributed by atoms with Crippen molar-refractivity contribution in [3.05, 3.63) is 0 Å². The van der Waals surface area contributed by atoms with E-state index >= 15 is 0 Å². The number of alkyl halides is 1. The van der Waals surface area contributed by atoms with E-state index in [1.165, 1.54) is 13.8 Å². The molecule has 0 atom stereocenters. The lowest BCUT2D eigenvalue weighted by atomic mass is 10.2. The maximum absolute atomic E-state index is 12.6. The van der Waals surface area contributed by atoms with Crippen LogP contribution in [0.1, 0.15) is 13.8 Å². The SMILES string of the molecule is CC(C)(F)COP(=O)(Cl)Cl. The van der Waals surface area contributed by atoms with Gasteiger partial charge in [-0.2, -0.15) is 0 Å². The Bertz CT molecular complexity index is 150. The van der Waals surface area contributed by atoms with E-state index in [1.807, 2.05) is 0 Å². The van der Waals surface area contributed by atoms with Crippen molar-refractivity contribution in [2.75, 3.05) is 6.61 Å². The van der Waals surface area contributed by atoms with E-state index in [-0.39, 0.29) is 6.61 Å². The monoisotopic (exact) mass is 208 g/mol. The first-order chi connectivity index (χ1) is 4.21. The van der Waals surface area contributed by atoms with Crippen LogP contribution < -0.4 is 0 Å². The minimum absolute atomic E-state index is 0.364. The first-order valence-electron chi connectivity index (χ1n) is 2.53. The minimum atomic E-state index is -3.56. The summed E-state index contributed by atoms with van der Waals surface area (Å²) < 4.78 is 27.3. The van der Waals surface area contributed by atoms with Gasteiger partial charge in [0.2, 0.25) is 0 Å². The molecule has 0 unspecified atom stereocenters. The predicted octanol–water partition coefficient (Wildman–Crippen LogP) is 3.34. The summed E-state index contributed by atoms with van der Waals surface area (Å²) in [6.45, 7) is 2.18. The molecule has 0 heterocycles. The van der Waals surface area contributed by atoms with Crippen molar-refractivity contribution in [1.29, 1.82) is 0 Å². The quantitative estimate of drug-likeness (QED) is 0.666. The van der Waals surface area contributed by atoms with Crippen LogP contribution in [0, 0.1) is 0 Å². The number of hydrogen-bond donors (Lipinski definition) is 0. The van der Waals surface area contributed by atoms with Crippen molar-refractivity contribution in [3.8, 4) is 0 Å². The van der Waals surface area contributed by atoms with E-state index in [2.05, 4.69) is 4.52 Å². The van der Waals surface area contributed by atoms with Crippen molar-refractivity contribution in [2.45, 2.75) is 19.5 Å². The molecule has 0 N–H and O–H groups in total. The van der Waals surface area contributed by atoms with Crippen LogP contribution in [0.15, 0.2) is 0 Å². The van der Waals surface area contributed by atoms with Crippen LogP contribution in [0.3, 0.4) is 0 Å². The lowest BCUT2D eigenvalue weighted by molar-refractivity contribution is 0.127. The lowest BCUT2D eigenvalue weighted by Gasteiger charge is -2.13. The first kappa shape index (κ1) is 10.7. The van der Waals surface area contributed by atoms with Crippen LogP contribution in [-0.4, -0.2) is 12.3 Å². The summed E-state index contributed by atoms with van der Waals surface area (Å²) in [4.78, 5) is 0. The van der Waals surface area contributed by atoms with Gasteiger partial charge in [0.1, 0.15) is 5.67 Å². The highest BCUT2D eigenvalue weighted by Crippen LogP contribution is 2.57.